The van der Waals surface area contributed by atoms with Gasteiger partial charge in [-0.1, -0.05) is 64.4 Å². The van der Waals surface area contributed by atoms with Gasteiger partial charge in [-0.05, 0) is 6.42 Å². The molecule has 0 amide bonds. The summed E-state index contributed by atoms with van der Waals surface area (Å²) in [6.45, 7) is 3.19. The highest BCUT2D eigenvalue weighted by atomic mass is 16.4. The molecule has 0 aromatic carbocycles. The van der Waals surface area contributed by atoms with E-state index in [1.807, 2.05) is 24.4 Å². The van der Waals surface area contributed by atoms with Gasteiger partial charge in [0.2, 0.25) is 0 Å². The molecule has 0 aliphatic heterocycles. The molecule has 0 bridgehead atoms. The zero-order chi connectivity index (χ0) is 16.0. The number of rotatable bonds is 13. The van der Waals surface area contributed by atoms with E-state index in [-0.39, 0.29) is 6.42 Å². The van der Waals surface area contributed by atoms with E-state index < -0.39 is 5.97 Å². The fraction of sp³-hybridized carbons (Fsp3) is 0.684. The number of carboxylic acid groups (broad SMARTS) is 1. The van der Waals surface area contributed by atoms with Crippen LogP contribution in [0.4, 0.5) is 0 Å². The molecule has 22 heavy (non-hydrogen) atoms. The highest BCUT2D eigenvalue weighted by Crippen LogP contribution is 2.10. The minimum absolute atomic E-state index is 0.110. The van der Waals surface area contributed by atoms with Crippen molar-refractivity contribution in [3.05, 3.63) is 30.1 Å². The Morgan fingerprint density at radius 2 is 1.55 bits per heavy atom. The number of aliphatic carboxylic acids is 1. The van der Waals surface area contributed by atoms with Crippen LogP contribution in [0, 0.1) is 0 Å². The fourth-order valence-electron chi connectivity index (χ4n) is 2.81. The van der Waals surface area contributed by atoms with Crippen molar-refractivity contribution in [3.8, 4) is 0 Å². The van der Waals surface area contributed by atoms with Crippen molar-refractivity contribution < 1.29 is 14.5 Å². The maximum Gasteiger partial charge on any atom is 0.314 e. The number of nitrogens with zero attached hydrogens (tertiary/aromatic N) is 1. The first kappa shape index (κ1) is 18.7. The fourth-order valence-corrected chi connectivity index (χ4v) is 2.81. The lowest BCUT2D eigenvalue weighted by molar-refractivity contribution is -0.704. The van der Waals surface area contributed by atoms with Gasteiger partial charge in [0.05, 0.1) is 0 Å². The van der Waals surface area contributed by atoms with Gasteiger partial charge in [0.15, 0.2) is 11.9 Å². The molecule has 0 radical (unpaired) electrons. The Morgan fingerprint density at radius 3 is 2.14 bits per heavy atom. The molecule has 1 rings (SSSR count). The van der Waals surface area contributed by atoms with Gasteiger partial charge in [0.1, 0.15) is 13.0 Å². The standard InChI is InChI=1S/C19H31NO2/c1-2-3-4-5-6-7-8-9-10-12-15-20-16-13-11-14-18(20)17-19(21)22/h11,13-14,16H,2-10,12,15,17H2,1H3/p+1. The second-order valence-corrected chi connectivity index (χ2v) is 6.14. The molecule has 3 nitrogen and oxygen atoms in total. The smallest absolute Gasteiger partial charge is 0.314 e. The summed E-state index contributed by atoms with van der Waals surface area (Å²) in [5.74, 6) is -0.761. The molecule has 0 unspecified atom stereocenters. The number of carbonyl (C=O) groups is 1. The third kappa shape index (κ3) is 8.81. The summed E-state index contributed by atoms with van der Waals surface area (Å²) in [7, 11) is 0. The molecular weight excluding hydrogens is 274 g/mol. The third-order valence-corrected chi connectivity index (χ3v) is 4.12. The molecule has 124 valence electrons. The summed E-state index contributed by atoms with van der Waals surface area (Å²) >= 11 is 0. The number of unbranched alkanes of at least 4 members (excludes halogenated alkanes) is 9. The van der Waals surface area contributed by atoms with Gasteiger partial charge in [-0.2, -0.15) is 0 Å². The lowest BCUT2D eigenvalue weighted by Crippen LogP contribution is -2.38. The molecule has 1 aromatic heterocycles. The van der Waals surface area contributed by atoms with Gasteiger partial charge in [0.25, 0.3) is 0 Å². The molecule has 0 saturated carbocycles. The van der Waals surface area contributed by atoms with Gasteiger partial charge in [0, 0.05) is 18.6 Å². The third-order valence-electron chi connectivity index (χ3n) is 4.12. The van der Waals surface area contributed by atoms with Crippen LogP contribution in [0.5, 0.6) is 0 Å². The van der Waals surface area contributed by atoms with E-state index in [1.165, 1.54) is 57.8 Å². The summed E-state index contributed by atoms with van der Waals surface area (Å²) in [5, 5.41) is 8.92. The van der Waals surface area contributed by atoms with Crippen LogP contribution < -0.4 is 4.57 Å². The van der Waals surface area contributed by atoms with Crippen LogP contribution in [-0.2, 0) is 17.8 Å². The minimum atomic E-state index is -0.761. The van der Waals surface area contributed by atoms with Crippen molar-refractivity contribution in [1.29, 1.82) is 0 Å². The second-order valence-electron chi connectivity index (χ2n) is 6.14. The van der Waals surface area contributed by atoms with Crippen LogP contribution in [0.3, 0.4) is 0 Å². The van der Waals surface area contributed by atoms with E-state index in [0.29, 0.717) is 0 Å². The lowest BCUT2D eigenvalue weighted by atomic mass is 10.1. The van der Waals surface area contributed by atoms with E-state index in [2.05, 4.69) is 11.5 Å². The van der Waals surface area contributed by atoms with Crippen molar-refractivity contribution in [2.45, 2.75) is 84.1 Å². The van der Waals surface area contributed by atoms with Gasteiger partial charge in [-0.15, -0.1) is 0 Å². The van der Waals surface area contributed by atoms with Crippen molar-refractivity contribution in [3.63, 3.8) is 0 Å². The van der Waals surface area contributed by atoms with Crippen molar-refractivity contribution in [2.24, 2.45) is 0 Å². The maximum absolute atomic E-state index is 10.9. The Labute approximate surface area is 135 Å². The normalized spacial score (nSPS) is 10.8. The first-order valence-electron chi connectivity index (χ1n) is 8.93. The molecule has 0 saturated heterocycles. The Kier molecular flexibility index (Phi) is 10.3. The molecule has 3 heteroatoms. The predicted molar refractivity (Wildman–Crippen MR) is 89.8 cm³/mol. The molecule has 0 aliphatic carbocycles. The van der Waals surface area contributed by atoms with Gasteiger partial charge in [-0.25, -0.2) is 4.57 Å². The van der Waals surface area contributed by atoms with E-state index in [1.54, 1.807) is 0 Å². The van der Waals surface area contributed by atoms with Gasteiger partial charge in [-0.3, -0.25) is 4.79 Å². The second kappa shape index (κ2) is 12.2. The van der Waals surface area contributed by atoms with Crippen LogP contribution in [0.15, 0.2) is 24.4 Å². The first-order chi connectivity index (χ1) is 10.7. The van der Waals surface area contributed by atoms with Crippen LogP contribution in [0.1, 0.15) is 76.8 Å². The van der Waals surface area contributed by atoms with E-state index in [9.17, 15) is 4.79 Å². The molecule has 1 heterocycles. The number of carboxylic acids is 1. The van der Waals surface area contributed by atoms with E-state index in [4.69, 9.17) is 5.11 Å². The molecule has 0 spiro atoms. The van der Waals surface area contributed by atoms with Gasteiger partial charge < -0.3 is 5.11 Å². The lowest BCUT2D eigenvalue weighted by Gasteiger charge is -2.03. The maximum atomic E-state index is 10.9. The summed E-state index contributed by atoms with van der Waals surface area (Å²) in [5.41, 5.74) is 0.894. The summed E-state index contributed by atoms with van der Waals surface area (Å²) in [6, 6.07) is 5.79. The van der Waals surface area contributed by atoms with Crippen LogP contribution in [-0.4, -0.2) is 11.1 Å². The van der Waals surface area contributed by atoms with Crippen molar-refractivity contribution >= 4 is 5.97 Å². The predicted octanol–water partition coefficient (Wildman–Crippen LogP) is 4.52. The first-order valence-corrected chi connectivity index (χ1v) is 8.93. The van der Waals surface area contributed by atoms with Crippen LogP contribution >= 0.6 is 0 Å². The number of aromatic nitrogens is 1. The monoisotopic (exact) mass is 306 g/mol. The van der Waals surface area contributed by atoms with E-state index >= 15 is 0 Å². The number of hydrogen-bond donors (Lipinski definition) is 1. The topological polar surface area (TPSA) is 41.2 Å². The molecule has 0 aliphatic rings. The zero-order valence-electron chi connectivity index (χ0n) is 14.1. The van der Waals surface area contributed by atoms with Crippen molar-refractivity contribution in [2.75, 3.05) is 0 Å². The largest absolute Gasteiger partial charge is 0.481 e. The average Bonchev–Trinajstić information content (AvgIpc) is 2.50. The van der Waals surface area contributed by atoms with Crippen LogP contribution in [0.25, 0.3) is 0 Å². The highest BCUT2D eigenvalue weighted by molar-refractivity contribution is 5.69. The van der Waals surface area contributed by atoms with Gasteiger partial charge >= 0.3 is 5.97 Å². The minimum Gasteiger partial charge on any atom is -0.481 e. The summed E-state index contributed by atoms with van der Waals surface area (Å²) < 4.78 is 2.08. The number of aryl methyl sites for hydroxylation is 1. The summed E-state index contributed by atoms with van der Waals surface area (Å²) in [6.07, 6.45) is 15.4. The Bertz CT molecular complexity index is 418. The number of hydrogen-bond acceptors (Lipinski definition) is 1. The SMILES string of the molecule is CCCCCCCCCCCC[n+]1ccccc1CC(=O)O. The molecule has 1 N–H and O–H groups in total. The number of pyridine rings is 1. The Balaban J connectivity index is 2.08. The quantitative estimate of drug-likeness (QED) is 0.430. The molecule has 0 fully saturated rings. The van der Waals surface area contributed by atoms with Crippen LogP contribution in [0.2, 0.25) is 0 Å². The molecule has 0 atom stereocenters. The Hall–Kier alpha value is -1.38. The average molecular weight is 306 g/mol. The molecular formula is C19H32NO2+. The Morgan fingerprint density at radius 1 is 0.955 bits per heavy atom. The van der Waals surface area contributed by atoms with Crippen molar-refractivity contribution in [1.82, 2.24) is 0 Å². The molecule has 1 aromatic rings. The highest BCUT2D eigenvalue weighted by Gasteiger charge is 2.12. The zero-order valence-corrected chi connectivity index (χ0v) is 14.1. The van der Waals surface area contributed by atoms with E-state index in [0.717, 1.165) is 18.7 Å². The summed E-state index contributed by atoms with van der Waals surface area (Å²) in [4.78, 5) is 10.9.